The lowest BCUT2D eigenvalue weighted by Gasteiger charge is -2.35. The third-order valence-corrected chi connectivity index (χ3v) is 4.62. The Balaban J connectivity index is 2.51. The lowest BCUT2D eigenvalue weighted by Crippen LogP contribution is -2.40. The lowest BCUT2D eigenvalue weighted by molar-refractivity contribution is -0.170. The zero-order valence-corrected chi connectivity index (χ0v) is 18.6. The Kier molecular flexibility index (Phi) is 10.3. The highest BCUT2D eigenvalue weighted by Crippen LogP contribution is 2.34. The summed E-state index contributed by atoms with van der Waals surface area (Å²) in [5.41, 5.74) is -0.740. The van der Waals surface area contributed by atoms with E-state index in [1.807, 2.05) is 26.0 Å². The second kappa shape index (κ2) is 12.1. The van der Waals surface area contributed by atoms with Gasteiger partial charge < -0.3 is 18.9 Å². The summed E-state index contributed by atoms with van der Waals surface area (Å²) < 4.78 is 20.3. The standard InChI is InChI=1S/C22H33NO7/c1-6-22(5,30-18(24)11-10-17-9-8-12-23-15-17)16-21(3,4)19(25)28-13-14-29-20(26)27-7-2/h8-9,12,15H,6-7,10-11,13-14,16H2,1-5H3. The van der Waals surface area contributed by atoms with Crippen LogP contribution in [0.3, 0.4) is 0 Å². The van der Waals surface area contributed by atoms with Crippen molar-refractivity contribution in [3.8, 4) is 0 Å². The van der Waals surface area contributed by atoms with Crippen molar-refractivity contribution in [2.24, 2.45) is 5.41 Å². The highest BCUT2D eigenvalue weighted by atomic mass is 16.7. The van der Waals surface area contributed by atoms with Gasteiger partial charge in [0, 0.05) is 25.2 Å². The van der Waals surface area contributed by atoms with Gasteiger partial charge in [0.05, 0.1) is 12.0 Å². The molecule has 1 heterocycles. The Bertz CT molecular complexity index is 690. The van der Waals surface area contributed by atoms with Crippen LogP contribution < -0.4 is 0 Å². The molecule has 0 amide bonds. The number of carbonyl (C=O) groups excluding carboxylic acids is 3. The van der Waals surface area contributed by atoms with Crippen molar-refractivity contribution in [1.82, 2.24) is 4.98 Å². The summed E-state index contributed by atoms with van der Waals surface area (Å²) in [7, 11) is 0. The maximum absolute atomic E-state index is 12.5. The van der Waals surface area contributed by atoms with Gasteiger partial charge in [0.25, 0.3) is 0 Å². The molecule has 0 aliphatic heterocycles. The van der Waals surface area contributed by atoms with Crippen molar-refractivity contribution < 1.29 is 33.3 Å². The van der Waals surface area contributed by atoms with Crippen molar-refractivity contribution in [2.45, 2.75) is 65.9 Å². The Morgan fingerprint density at radius 2 is 1.73 bits per heavy atom. The van der Waals surface area contributed by atoms with E-state index in [0.717, 1.165) is 5.56 Å². The van der Waals surface area contributed by atoms with Gasteiger partial charge in [-0.15, -0.1) is 0 Å². The van der Waals surface area contributed by atoms with Gasteiger partial charge in [-0.25, -0.2) is 4.79 Å². The molecule has 0 saturated heterocycles. The van der Waals surface area contributed by atoms with Crippen LogP contribution in [0.25, 0.3) is 0 Å². The fourth-order valence-electron chi connectivity index (χ4n) is 2.97. The molecule has 0 aliphatic rings. The van der Waals surface area contributed by atoms with Crippen LogP contribution >= 0.6 is 0 Å². The minimum absolute atomic E-state index is 0.0746. The molecule has 30 heavy (non-hydrogen) atoms. The molecule has 1 aromatic heterocycles. The number of aryl methyl sites for hydroxylation is 1. The minimum atomic E-state index is -0.891. The van der Waals surface area contributed by atoms with Crippen LogP contribution in [-0.2, 0) is 35.0 Å². The number of pyridine rings is 1. The van der Waals surface area contributed by atoms with E-state index in [9.17, 15) is 14.4 Å². The van der Waals surface area contributed by atoms with Gasteiger partial charge in [-0.05, 0) is 52.2 Å². The molecule has 1 aromatic rings. The van der Waals surface area contributed by atoms with E-state index < -0.39 is 23.1 Å². The maximum atomic E-state index is 12.5. The molecule has 0 aromatic carbocycles. The van der Waals surface area contributed by atoms with Gasteiger partial charge in [0.2, 0.25) is 0 Å². The zero-order valence-electron chi connectivity index (χ0n) is 18.6. The molecule has 1 rings (SSSR count). The quantitative estimate of drug-likeness (QED) is 0.284. The first-order valence-electron chi connectivity index (χ1n) is 10.2. The minimum Gasteiger partial charge on any atom is -0.462 e. The molecule has 0 fully saturated rings. The molecule has 0 aliphatic carbocycles. The van der Waals surface area contributed by atoms with Gasteiger partial charge >= 0.3 is 18.1 Å². The largest absolute Gasteiger partial charge is 0.508 e. The van der Waals surface area contributed by atoms with Gasteiger partial charge in [-0.1, -0.05) is 13.0 Å². The first-order valence-corrected chi connectivity index (χ1v) is 10.2. The monoisotopic (exact) mass is 423 g/mol. The molecule has 1 atom stereocenters. The van der Waals surface area contributed by atoms with Crippen molar-refractivity contribution >= 4 is 18.1 Å². The summed E-state index contributed by atoms with van der Waals surface area (Å²) in [5.74, 6) is -0.781. The van der Waals surface area contributed by atoms with E-state index in [-0.39, 0.29) is 32.2 Å². The van der Waals surface area contributed by atoms with E-state index >= 15 is 0 Å². The Labute approximate surface area is 178 Å². The van der Waals surface area contributed by atoms with E-state index in [1.165, 1.54) is 0 Å². The smallest absolute Gasteiger partial charge is 0.462 e. The van der Waals surface area contributed by atoms with E-state index in [2.05, 4.69) is 9.72 Å². The van der Waals surface area contributed by atoms with Gasteiger partial charge in [0.15, 0.2) is 0 Å². The average Bonchev–Trinajstić information content (AvgIpc) is 2.70. The summed E-state index contributed by atoms with van der Waals surface area (Å²) in [6.07, 6.45) is 4.22. The number of ether oxygens (including phenoxy) is 4. The molecule has 0 saturated carbocycles. The highest BCUT2D eigenvalue weighted by molar-refractivity contribution is 5.76. The SMILES string of the molecule is CCOC(=O)OCCOC(=O)C(C)(C)CC(C)(CC)OC(=O)CCc1cccnc1. The third kappa shape index (κ3) is 9.24. The number of rotatable bonds is 12. The van der Waals surface area contributed by atoms with Crippen molar-refractivity contribution in [2.75, 3.05) is 19.8 Å². The second-order valence-electron chi connectivity index (χ2n) is 7.87. The first kappa shape index (κ1) is 25.4. The molecule has 0 N–H and O–H groups in total. The van der Waals surface area contributed by atoms with E-state index in [4.69, 9.17) is 14.2 Å². The first-order chi connectivity index (χ1) is 14.1. The van der Waals surface area contributed by atoms with E-state index in [0.29, 0.717) is 19.3 Å². The molecule has 8 heteroatoms. The Morgan fingerprint density at radius 1 is 1.03 bits per heavy atom. The van der Waals surface area contributed by atoms with Crippen LogP contribution in [0.15, 0.2) is 24.5 Å². The summed E-state index contributed by atoms with van der Waals surface area (Å²) in [5, 5.41) is 0. The molecule has 0 spiro atoms. The normalized spacial score (nSPS) is 13.1. The zero-order chi connectivity index (χ0) is 22.6. The topological polar surface area (TPSA) is 101 Å². The summed E-state index contributed by atoms with van der Waals surface area (Å²) in [6, 6.07) is 3.73. The Hall–Kier alpha value is -2.64. The molecular formula is C22H33NO7. The fraction of sp³-hybridized carbons (Fsp3) is 0.636. The van der Waals surface area contributed by atoms with Crippen LogP contribution in [0, 0.1) is 5.41 Å². The van der Waals surface area contributed by atoms with Gasteiger partial charge in [-0.3, -0.25) is 14.6 Å². The third-order valence-electron chi connectivity index (χ3n) is 4.62. The molecule has 0 bridgehead atoms. The summed E-state index contributed by atoms with van der Waals surface area (Å²) in [4.78, 5) is 40.0. The number of hydrogen-bond acceptors (Lipinski definition) is 8. The summed E-state index contributed by atoms with van der Waals surface area (Å²) in [6.45, 7) is 8.90. The molecule has 1 unspecified atom stereocenters. The molecule has 0 radical (unpaired) electrons. The van der Waals surface area contributed by atoms with Crippen LogP contribution in [-0.4, -0.2) is 48.5 Å². The highest BCUT2D eigenvalue weighted by Gasteiger charge is 2.39. The number of carbonyl (C=O) groups is 3. The van der Waals surface area contributed by atoms with E-state index in [1.54, 1.807) is 33.2 Å². The Morgan fingerprint density at radius 3 is 2.33 bits per heavy atom. The number of hydrogen-bond donors (Lipinski definition) is 0. The van der Waals surface area contributed by atoms with Crippen LogP contribution in [0.4, 0.5) is 4.79 Å². The molecular weight excluding hydrogens is 390 g/mol. The van der Waals surface area contributed by atoms with Gasteiger partial charge in [0.1, 0.15) is 18.8 Å². The van der Waals surface area contributed by atoms with Gasteiger partial charge in [-0.2, -0.15) is 0 Å². The van der Waals surface area contributed by atoms with Crippen LogP contribution in [0.1, 0.15) is 59.4 Å². The predicted molar refractivity (Wildman–Crippen MR) is 110 cm³/mol. The van der Waals surface area contributed by atoms with Crippen molar-refractivity contribution in [3.63, 3.8) is 0 Å². The molecule has 8 nitrogen and oxygen atoms in total. The van der Waals surface area contributed by atoms with Crippen LogP contribution in [0.5, 0.6) is 0 Å². The van der Waals surface area contributed by atoms with Crippen molar-refractivity contribution in [1.29, 1.82) is 0 Å². The number of esters is 2. The van der Waals surface area contributed by atoms with Crippen LogP contribution in [0.2, 0.25) is 0 Å². The maximum Gasteiger partial charge on any atom is 0.508 e. The number of aromatic nitrogens is 1. The molecule has 168 valence electrons. The van der Waals surface area contributed by atoms with Crippen molar-refractivity contribution in [3.05, 3.63) is 30.1 Å². The summed E-state index contributed by atoms with van der Waals surface area (Å²) >= 11 is 0. The fourth-order valence-corrected chi connectivity index (χ4v) is 2.97. The number of nitrogens with zero attached hydrogens (tertiary/aromatic N) is 1. The lowest BCUT2D eigenvalue weighted by atomic mass is 9.79. The second-order valence-corrected chi connectivity index (χ2v) is 7.87. The predicted octanol–water partition coefficient (Wildman–Crippen LogP) is 3.86. The average molecular weight is 424 g/mol.